The SMILES string of the molecule is CCOC(=O)c1cn2cc(Cl)cc(C(C)(C)C)c2n1. The van der Waals surface area contributed by atoms with E-state index in [1.807, 2.05) is 6.07 Å². The number of esters is 1. The van der Waals surface area contributed by atoms with Crippen LogP contribution in [0, 0.1) is 0 Å². The smallest absolute Gasteiger partial charge is 0.358 e. The molecule has 0 N–H and O–H groups in total. The maximum atomic E-state index is 11.7. The normalized spacial score (nSPS) is 11.8. The van der Waals surface area contributed by atoms with E-state index in [1.54, 1.807) is 23.7 Å². The minimum absolute atomic E-state index is 0.108. The standard InChI is InChI=1S/C14H17ClN2O2/c1-5-19-13(18)11-8-17-7-9(15)6-10(12(17)16-11)14(2,3)4/h6-8H,5H2,1-4H3. The van der Waals surface area contributed by atoms with E-state index in [0.29, 0.717) is 17.3 Å². The highest BCUT2D eigenvalue weighted by molar-refractivity contribution is 6.30. The Morgan fingerprint density at radius 1 is 1.42 bits per heavy atom. The first-order valence-corrected chi connectivity index (χ1v) is 6.56. The van der Waals surface area contributed by atoms with Crippen LogP contribution in [0.5, 0.6) is 0 Å². The van der Waals surface area contributed by atoms with Crippen LogP contribution in [0.4, 0.5) is 0 Å². The fraction of sp³-hybridized carbons (Fsp3) is 0.429. The Kier molecular flexibility index (Phi) is 3.54. The van der Waals surface area contributed by atoms with E-state index in [-0.39, 0.29) is 5.41 Å². The van der Waals surface area contributed by atoms with Gasteiger partial charge in [0.05, 0.1) is 11.6 Å². The number of carbonyl (C=O) groups is 1. The third-order valence-electron chi connectivity index (χ3n) is 2.81. The van der Waals surface area contributed by atoms with E-state index < -0.39 is 5.97 Å². The molecule has 19 heavy (non-hydrogen) atoms. The highest BCUT2D eigenvalue weighted by Gasteiger charge is 2.21. The van der Waals surface area contributed by atoms with Gasteiger partial charge in [-0.05, 0) is 18.4 Å². The van der Waals surface area contributed by atoms with Crippen molar-refractivity contribution in [3.05, 3.63) is 34.7 Å². The number of rotatable bonds is 2. The number of halogens is 1. The molecule has 0 unspecified atom stereocenters. The van der Waals surface area contributed by atoms with Gasteiger partial charge in [-0.2, -0.15) is 0 Å². The van der Waals surface area contributed by atoms with Crippen molar-refractivity contribution in [1.82, 2.24) is 9.38 Å². The fourth-order valence-corrected chi connectivity index (χ4v) is 2.13. The van der Waals surface area contributed by atoms with Gasteiger partial charge in [0, 0.05) is 18.0 Å². The lowest BCUT2D eigenvalue weighted by Crippen LogP contribution is -2.13. The predicted octanol–water partition coefficient (Wildman–Crippen LogP) is 3.46. The van der Waals surface area contributed by atoms with Crippen LogP contribution in [0.1, 0.15) is 43.7 Å². The molecule has 0 aliphatic heterocycles. The average Bonchev–Trinajstić information content (AvgIpc) is 2.70. The van der Waals surface area contributed by atoms with Crippen molar-refractivity contribution in [1.29, 1.82) is 0 Å². The second kappa shape index (κ2) is 4.85. The molecule has 4 nitrogen and oxygen atoms in total. The molecule has 0 aliphatic carbocycles. The van der Waals surface area contributed by atoms with E-state index in [2.05, 4.69) is 25.8 Å². The van der Waals surface area contributed by atoms with Gasteiger partial charge in [-0.3, -0.25) is 0 Å². The number of aromatic nitrogens is 2. The summed E-state index contributed by atoms with van der Waals surface area (Å²) < 4.78 is 6.74. The van der Waals surface area contributed by atoms with Crippen molar-refractivity contribution in [3.63, 3.8) is 0 Å². The minimum atomic E-state index is -0.415. The van der Waals surface area contributed by atoms with Crippen LogP contribution < -0.4 is 0 Å². The Hall–Kier alpha value is -1.55. The van der Waals surface area contributed by atoms with E-state index in [4.69, 9.17) is 16.3 Å². The van der Waals surface area contributed by atoms with Crippen LogP contribution in [-0.2, 0) is 10.2 Å². The first kappa shape index (κ1) is 13.9. The summed E-state index contributed by atoms with van der Waals surface area (Å²) >= 11 is 6.12. The molecule has 0 saturated carbocycles. The number of fused-ring (bicyclic) bond motifs is 1. The Labute approximate surface area is 117 Å². The van der Waals surface area contributed by atoms with Gasteiger partial charge in [-0.15, -0.1) is 0 Å². The Bertz CT molecular complexity index is 626. The lowest BCUT2D eigenvalue weighted by Gasteiger charge is -2.19. The summed E-state index contributed by atoms with van der Waals surface area (Å²) in [5, 5.41) is 0.616. The fourth-order valence-electron chi connectivity index (χ4n) is 1.92. The summed E-state index contributed by atoms with van der Waals surface area (Å²) in [6.45, 7) is 8.34. The van der Waals surface area contributed by atoms with Gasteiger partial charge in [0.1, 0.15) is 5.65 Å². The second-order valence-corrected chi connectivity index (χ2v) is 5.84. The maximum Gasteiger partial charge on any atom is 0.358 e. The van der Waals surface area contributed by atoms with Crippen LogP contribution in [-0.4, -0.2) is 22.0 Å². The third-order valence-corrected chi connectivity index (χ3v) is 3.02. The van der Waals surface area contributed by atoms with Gasteiger partial charge in [-0.1, -0.05) is 32.4 Å². The summed E-state index contributed by atoms with van der Waals surface area (Å²) in [7, 11) is 0. The number of nitrogens with zero attached hydrogens (tertiary/aromatic N) is 2. The molecule has 2 aromatic heterocycles. The minimum Gasteiger partial charge on any atom is -0.461 e. The van der Waals surface area contributed by atoms with Gasteiger partial charge >= 0.3 is 5.97 Å². The van der Waals surface area contributed by atoms with E-state index in [0.717, 1.165) is 11.2 Å². The monoisotopic (exact) mass is 280 g/mol. The number of hydrogen-bond donors (Lipinski definition) is 0. The third kappa shape index (κ3) is 2.73. The van der Waals surface area contributed by atoms with E-state index in [1.165, 1.54) is 0 Å². The zero-order valence-electron chi connectivity index (χ0n) is 11.5. The summed E-state index contributed by atoms with van der Waals surface area (Å²) in [5.74, 6) is -0.415. The molecule has 5 heteroatoms. The number of pyridine rings is 1. The lowest BCUT2D eigenvalue weighted by molar-refractivity contribution is 0.0520. The van der Waals surface area contributed by atoms with Crippen LogP contribution >= 0.6 is 11.6 Å². The number of ether oxygens (including phenoxy) is 1. The van der Waals surface area contributed by atoms with E-state index in [9.17, 15) is 4.79 Å². The zero-order valence-corrected chi connectivity index (χ0v) is 12.3. The summed E-state index contributed by atoms with van der Waals surface area (Å²) in [5.41, 5.74) is 1.92. The molecule has 2 rings (SSSR count). The summed E-state index contributed by atoms with van der Waals surface area (Å²) in [4.78, 5) is 16.1. The molecule has 2 heterocycles. The first-order valence-electron chi connectivity index (χ1n) is 6.18. The van der Waals surface area contributed by atoms with Crippen molar-refractivity contribution in [2.45, 2.75) is 33.1 Å². The molecule has 0 amide bonds. The number of carbonyl (C=O) groups excluding carboxylic acids is 1. The van der Waals surface area contributed by atoms with E-state index >= 15 is 0 Å². The highest BCUT2D eigenvalue weighted by Crippen LogP contribution is 2.29. The van der Waals surface area contributed by atoms with Crippen molar-refractivity contribution in [2.75, 3.05) is 6.61 Å². The maximum absolute atomic E-state index is 11.7. The molecular formula is C14H17ClN2O2. The first-order chi connectivity index (χ1) is 8.82. The average molecular weight is 281 g/mol. The molecule has 0 radical (unpaired) electrons. The molecule has 0 saturated heterocycles. The van der Waals surface area contributed by atoms with Crippen LogP contribution in [0.2, 0.25) is 5.02 Å². The van der Waals surface area contributed by atoms with Gasteiger partial charge in [0.2, 0.25) is 0 Å². The highest BCUT2D eigenvalue weighted by atomic mass is 35.5. The molecule has 0 atom stereocenters. The van der Waals surface area contributed by atoms with Crippen molar-refractivity contribution < 1.29 is 9.53 Å². The number of imidazole rings is 1. The Morgan fingerprint density at radius 3 is 2.68 bits per heavy atom. The molecular weight excluding hydrogens is 264 g/mol. The zero-order chi connectivity index (χ0) is 14.2. The largest absolute Gasteiger partial charge is 0.461 e. The van der Waals surface area contributed by atoms with Gasteiger partial charge in [0.15, 0.2) is 5.69 Å². The second-order valence-electron chi connectivity index (χ2n) is 5.40. The van der Waals surface area contributed by atoms with Crippen molar-refractivity contribution >= 4 is 23.2 Å². The van der Waals surface area contributed by atoms with Crippen molar-refractivity contribution in [3.8, 4) is 0 Å². The van der Waals surface area contributed by atoms with Crippen LogP contribution in [0.25, 0.3) is 5.65 Å². The Balaban J connectivity index is 2.62. The topological polar surface area (TPSA) is 43.6 Å². The quantitative estimate of drug-likeness (QED) is 0.791. The number of hydrogen-bond acceptors (Lipinski definition) is 3. The van der Waals surface area contributed by atoms with Gasteiger partial charge in [-0.25, -0.2) is 9.78 Å². The molecule has 0 bridgehead atoms. The Morgan fingerprint density at radius 2 is 2.11 bits per heavy atom. The lowest BCUT2D eigenvalue weighted by atomic mass is 9.88. The van der Waals surface area contributed by atoms with Crippen LogP contribution in [0.3, 0.4) is 0 Å². The molecule has 2 aromatic rings. The summed E-state index contributed by atoms with van der Waals surface area (Å²) in [6, 6.07) is 1.89. The molecule has 0 fully saturated rings. The molecule has 102 valence electrons. The van der Waals surface area contributed by atoms with Gasteiger partial charge < -0.3 is 9.14 Å². The van der Waals surface area contributed by atoms with Crippen molar-refractivity contribution in [2.24, 2.45) is 0 Å². The van der Waals surface area contributed by atoms with Crippen LogP contribution in [0.15, 0.2) is 18.5 Å². The predicted molar refractivity (Wildman–Crippen MR) is 74.9 cm³/mol. The van der Waals surface area contributed by atoms with Gasteiger partial charge in [0.25, 0.3) is 0 Å². The molecule has 0 spiro atoms. The summed E-state index contributed by atoms with van der Waals surface area (Å²) in [6.07, 6.45) is 3.39. The molecule has 0 aliphatic rings. The molecule has 0 aromatic carbocycles.